The third kappa shape index (κ3) is 3.53. The van der Waals surface area contributed by atoms with Gasteiger partial charge in [-0.05, 0) is 60.1 Å². The van der Waals surface area contributed by atoms with E-state index in [9.17, 15) is 4.39 Å². The Morgan fingerprint density at radius 3 is 3.00 bits per heavy atom. The normalized spacial score (nSPS) is 21.2. The number of likely N-dealkylation sites (tertiary alicyclic amines) is 1. The molecule has 0 spiro atoms. The smallest absolute Gasteiger partial charge is 0.137 e. The summed E-state index contributed by atoms with van der Waals surface area (Å²) in [5, 5.41) is 3.25. The molecule has 1 unspecified atom stereocenters. The molecule has 2 rings (SSSR count). The Balaban J connectivity index is 2.03. The van der Waals surface area contributed by atoms with Crippen molar-refractivity contribution in [3.63, 3.8) is 0 Å². The van der Waals surface area contributed by atoms with Gasteiger partial charge >= 0.3 is 0 Å². The SMILES string of the molecule is CNCC1CCCCN1Cc1ccc(Br)c(F)c1. The summed E-state index contributed by atoms with van der Waals surface area (Å²) >= 11 is 3.19. The number of rotatable bonds is 4. The highest BCUT2D eigenvalue weighted by molar-refractivity contribution is 9.10. The van der Waals surface area contributed by atoms with Crippen molar-refractivity contribution in [3.8, 4) is 0 Å². The minimum Gasteiger partial charge on any atom is -0.318 e. The number of likely N-dealkylation sites (N-methyl/N-ethyl adjacent to an activating group) is 1. The summed E-state index contributed by atoms with van der Waals surface area (Å²) in [6, 6.07) is 6.00. The molecule has 0 saturated carbocycles. The van der Waals surface area contributed by atoms with E-state index >= 15 is 0 Å². The molecule has 1 heterocycles. The van der Waals surface area contributed by atoms with Crippen LogP contribution in [0.2, 0.25) is 0 Å². The van der Waals surface area contributed by atoms with Crippen LogP contribution in [0, 0.1) is 5.82 Å². The lowest BCUT2D eigenvalue weighted by Gasteiger charge is -2.35. The fourth-order valence-corrected chi connectivity index (χ4v) is 2.85. The van der Waals surface area contributed by atoms with Crippen molar-refractivity contribution in [2.24, 2.45) is 0 Å². The van der Waals surface area contributed by atoms with Crippen LogP contribution in [-0.2, 0) is 6.54 Å². The second-order valence-corrected chi connectivity index (χ2v) is 5.78. The van der Waals surface area contributed by atoms with Gasteiger partial charge in [-0.1, -0.05) is 12.5 Å². The lowest BCUT2D eigenvalue weighted by Crippen LogP contribution is -2.44. The summed E-state index contributed by atoms with van der Waals surface area (Å²) in [6.07, 6.45) is 3.79. The van der Waals surface area contributed by atoms with E-state index < -0.39 is 0 Å². The van der Waals surface area contributed by atoms with E-state index in [2.05, 4.69) is 26.1 Å². The van der Waals surface area contributed by atoms with Crippen molar-refractivity contribution in [2.75, 3.05) is 20.1 Å². The van der Waals surface area contributed by atoms with Crippen molar-refractivity contribution in [1.82, 2.24) is 10.2 Å². The second-order valence-electron chi connectivity index (χ2n) is 4.93. The Kier molecular flexibility index (Phi) is 5.15. The number of nitrogens with one attached hydrogen (secondary N) is 1. The quantitative estimate of drug-likeness (QED) is 0.918. The van der Waals surface area contributed by atoms with Crippen LogP contribution in [0.15, 0.2) is 22.7 Å². The van der Waals surface area contributed by atoms with Crippen LogP contribution in [0.5, 0.6) is 0 Å². The average Bonchev–Trinajstić information content (AvgIpc) is 2.37. The predicted molar refractivity (Wildman–Crippen MR) is 76.1 cm³/mol. The van der Waals surface area contributed by atoms with Gasteiger partial charge in [-0.3, -0.25) is 4.90 Å². The van der Waals surface area contributed by atoms with E-state index in [-0.39, 0.29) is 5.82 Å². The van der Waals surface area contributed by atoms with Gasteiger partial charge in [0.2, 0.25) is 0 Å². The molecule has 1 N–H and O–H groups in total. The maximum atomic E-state index is 13.5. The highest BCUT2D eigenvalue weighted by Crippen LogP contribution is 2.21. The topological polar surface area (TPSA) is 15.3 Å². The van der Waals surface area contributed by atoms with Crippen LogP contribution in [0.1, 0.15) is 24.8 Å². The standard InChI is InChI=1S/C14H20BrFN2/c1-17-9-12-4-2-3-7-18(12)10-11-5-6-13(15)14(16)8-11/h5-6,8,12,17H,2-4,7,9-10H2,1H3. The third-order valence-corrected chi connectivity index (χ3v) is 4.20. The lowest BCUT2D eigenvalue weighted by molar-refractivity contribution is 0.139. The summed E-state index contributed by atoms with van der Waals surface area (Å²) in [7, 11) is 1.99. The Hall–Kier alpha value is -0.450. The van der Waals surface area contributed by atoms with E-state index in [0.717, 1.165) is 25.2 Å². The Labute approximate surface area is 117 Å². The van der Waals surface area contributed by atoms with Crippen molar-refractivity contribution in [1.29, 1.82) is 0 Å². The van der Waals surface area contributed by atoms with Crippen LogP contribution < -0.4 is 5.32 Å². The number of hydrogen-bond acceptors (Lipinski definition) is 2. The summed E-state index contributed by atoms with van der Waals surface area (Å²) in [6.45, 7) is 2.97. The predicted octanol–water partition coefficient (Wildman–Crippen LogP) is 3.16. The molecule has 1 aliphatic heterocycles. The van der Waals surface area contributed by atoms with Gasteiger partial charge in [0.1, 0.15) is 5.82 Å². The number of nitrogens with zero attached hydrogens (tertiary/aromatic N) is 1. The van der Waals surface area contributed by atoms with E-state index in [1.54, 1.807) is 12.1 Å². The average molecular weight is 315 g/mol. The zero-order valence-electron chi connectivity index (χ0n) is 10.8. The molecule has 1 aromatic rings. The van der Waals surface area contributed by atoms with Gasteiger partial charge in [-0.25, -0.2) is 4.39 Å². The number of halogens is 2. The fraction of sp³-hybridized carbons (Fsp3) is 0.571. The Morgan fingerprint density at radius 2 is 2.28 bits per heavy atom. The summed E-state index contributed by atoms with van der Waals surface area (Å²) in [4.78, 5) is 2.46. The van der Waals surface area contributed by atoms with E-state index in [0.29, 0.717) is 10.5 Å². The maximum Gasteiger partial charge on any atom is 0.137 e. The molecule has 1 aliphatic rings. The van der Waals surface area contributed by atoms with Gasteiger partial charge in [0.25, 0.3) is 0 Å². The molecule has 1 atom stereocenters. The van der Waals surface area contributed by atoms with Gasteiger partial charge in [0.05, 0.1) is 4.47 Å². The van der Waals surface area contributed by atoms with Gasteiger partial charge in [-0.2, -0.15) is 0 Å². The van der Waals surface area contributed by atoms with Crippen molar-refractivity contribution >= 4 is 15.9 Å². The molecule has 1 aromatic carbocycles. The van der Waals surface area contributed by atoms with Gasteiger partial charge in [-0.15, -0.1) is 0 Å². The molecule has 0 radical (unpaired) electrons. The first-order valence-corrected chi connectivity index (χ1v) is 7.32. The van der Waals surface area contributed by atoms with Crippen LogP contribution in [0.25, 0.3) is 0 Å². The van der Waals surface area contributed by atoms with Gasteiger partial charge in [0, 0.05) is 19.1 Å². The number of benzene rings is 1. The zero-order chi connectivity index (χ0) is 13.0. The first kappa shape index (κ1) is 14.0. The van der Waals surface area contributed by atoms with Crippen molar-refractivity contribution in [2.45, 2.75) is 31.8 Å². The molecule has 100 valence electrons. The molecular formula is C14H20BrFN2. The highest BCUT2D eigenvalue weighted by atomic mass is 79.9. The molecule has 2 nitrogen and oxygen atoms in total. The lowest BCUT2D eigenvalue weighted by atomic mass is 10.0. The van der Waals surface area contributed by atoms with Crippen LogP contribution >= 0.6 is 15.9 Å². The zero-order valence-corrected chi connectivity index (χ0v) is 12.3. The molecule has 4 heteroatoms. The van der Waals surface area contributed by atoms with Crippen LogP contribution in [0.3, 0.4) is 0 Å². The largest absolute Gasteiger partial charge is 0.318 e. The molecule has 1 saturated heterocycles. The van der Waals surface area contributed by atoms with Gasteiger partial charge in [0.15, 0.2) is 0 Å². The highest BCUT2D eigenvalue weighted by Gasteiger charge is 2.21. The summed E-state index contributed by atoms with van der Waals surface area (Å²) in [5.74, 6) is -0.172. The summed E-state index contributed by atoms with van der Waals surface area (Å²) in [5.41, 5.74) is 1.05. The molecule has 0 aromatic heterocycles. The van der Waals surface area contributed by atoms with Crippen LogP contribution in [0.4, 0.5) is 4.39 Å². The fourth-order valence-electron chi connectivity index (χ4n) is 2.61. The van der Waals surface area contributed by atoms with E-state index in [1.807, 2.05) is 13.1 Å². The Morgan fingerprint density at radius 1 is 1.44 bits per heavy atom. The van der Waals surface area contributed by atoms with Gasteiger partial charge < -0.3 is 5.32 Å². The molecule has 0 aliphatic carbocycles. The first-order valence-electron chi connectivity index (χ1n) is 6.53. The van der Waals surface area contributed by atoms with E-state index in [1.165, 1.54) is 19.3 Å². The number of piperidine rings is 1. The maximum absolute atomic E-state index is 13.5. The third-order valence-electron chi connectivity index (χ3n) is 3.56. The number of hydrogen-bond donors (Lipinski definition) is 1. The first-order chi connectivity index (χ1) is 8.70. The molecular weight excluding hydrogens is 295 g/mol. The molecule has 18 heavy (non-hydrogen) atoms. The van der Waals surface area contributed by atoms with E-state index in [4.69, 9.17) is 0 Å². The van der Waals surface area contributed by atoms with Crippen molar-refractivity contribution < 1.29 is 4.39 Å². The van der Waals surface area contributed by atoms with Crippen LogP contribution in [-0.4, -0.2) is 31.1 Å². The monoisotopic (exact) mass is 314 g/mol. The Bertz CT molecular complexity index is 395. The van der Waals surface area contributed by atoms with Crippen molar-refractivity contribution in [3.05, 3.63) is 34.1 Å². The summed E-state index contributed by atoms with van der Waals surface area (Å²) < 4.78 is 14.0. The molecule has 0 bridgehead atoms. The second kappa shape index (κ2) is 6.64. The molecule has 0 amide bonds. The minimum absolute atomic E-state index is 0.172. The molecule has 1 fully saturated rings. The minimum atomic E-state index is -0.172.